The average Bonchev–Trinajstić information content (AvgIpc) is 2.76. The molecular weight excluding hydrogens is 496 g/mol. The lowest BCUT2D eigenvalue weighted by atomic mass is 9.63. The SMILES string of the molecule is CCC(C)(C)C(=O)O[C@@]1(O[Si](C)(C)C(C)(C)C)C[C@@H](C)C=C2C=CC(C)[C@H](CCC3C[C@@H](O)CC(=O)O3)[C@H]21. The number of ether oxygens (including phenoxy) is 2. The Balaban J connectivity index is 2.05. The second-order valence-electron chi connectivity index (χ2n) is 14.3. The first-order valence-electron chi connectivity index (χ1n) is 14.6. The number of carbonyl (C=O) groups is 2. The lowest BCUT2D eigenvalue weighted by Crippen LogP contribution is -2.60. The zero-order valence-electron chi connectivity index (χ0n) is 25.4. The Kier molecular flexibility index (Phi) is 9.17. The number of fused-ring (bicyclic) bond motifs is 1. The van der Waals surface area contributed by atoms with Gasteiger partial charge in [-0.1, -0.05) is 59.8 Å². The van der Waals surface area contributed by atoms with Gasteiger partial charge in [-0.15, -0.1) is 0 Å². The van der Waals surface area contributed by atoms with Crippen LogP contribution >= 0.6 is 0 Å². The summed E-state index contributed by atoms with van der Waals surface area (Å²) in [5.74, 6) is -1.16. The summed E-state index contributed by atoms with van der Waals surface area (Å²) in [6.45, 7) is 21.4. The molecule has 1 aliphatic heterocycles. The Labute approximate surface area is 231 Å². The van der Waals surface area contributed by atoms with E-state index in [1.807, 2.05) is 20.8 Å². The number of allylic oxidation sites excluding steroid dienone is 3. The fourth-order valence-corrected chi connectivity index (χ4v) is 7.29. The van der Waals surface area contributed by atoms with Crippen molar-refractivity contribution in [1.82, 2.24) is 0 Å². The number of hydrogen-bond acceptors (Lipinski definition) is 6. The summed E-state index contributed by atoms with van der Waals surface area (Å²) in [5.41, 5.74) is 0.556. The van der Waals surface area contributed by atoms with Gasteiger partial charge in [-0.3, -0.25) is 9.59 Å². The minimum absolute atomic E-state index is 0.0602. The van der Waals surface area contributed by atoms with E-state index >= 15 is 0 Å². The first-order valence-corrected chi connectivity index (χ1v) is 17.5. The van der Waals surface area contributed by atoms with E-state index in [-0.39, 0.29) is 53.2 Å². The zero-order valence-corrected chi connectivity index (χ0v) is 26.4. The van der Waals surface area contributed by atoms with E-state index in [1.54, 1.807) is 0 Å². The van der Waals surface area contributed by atoms with E-state index in [0.29, 0.717) is 25.7 Å². The molecule has 0 aromatic carbocycles. The molecule has 0 amide bonds. The number of aliphatic hydroxyl groups excluding tert-OH is 1. The molecule has 0 saturated carbocycles. The van der Waals surface area contributed by atoms with E-state index < -0.39 is 25.6 Å². The Morgan fingerprint density at radius 3 is 2.42 bits per heavy atom. The molecule has 6 nitrogen and oxygen atoms in total. The summed E-state index contributed by atoms with van der Waals surface area (Å²) < 4.78 is 19.6. The molecule has 0 spiro atoms. The summed E-state index contributed by atoms with van der Waals surface area (Å²) >= 11 is 0. The van der Waals surface area contributed by atoms with Crippen LogP contribution in [-0.2, 0) is 23.5 Å². The summed E-state index contributed by atoms with van der Waals surface area (Å²) in [5, 5.41) is 10.1. The van der Waals surface area contributed by atoms with E-state index in [0.717, 1.165) is 6.42 Å². The predicted octanol–water partition coefficient (Wildman–Crippen LogP) is 6.94. The van der Waals surface area contributed by atoms with Gasteiger partial charge in [-0.25, -0.2) is 0 Å². The van der Waals surface area contributed by atoms with Crippen molar-refractivity contribution < 1.29 is 28.6 Å². The molecule has 0 bridgehead atoms. The highest BCUT2D eigenvalue weighted by Gasteiger charge is 2.58. The maximum Gasteiger partial charge on any atom is 0.313 e. The highest BCUT2D eigenvalue weighted by atomic mass is 28.4. The zero-order chi connectivity index (χ0) is 28.7. The molecule has 0 aromatic heterocycles. The molecule has 0 radical (unpaired) electrons. The monoisotopic (exact) mass is 548 g/mol. The second-order valence-corrected chi connectivity index (χ2v) is 19.0. The van der Waals surface area contributed by atoms with Crippen molar-refractivity contribution in [3.63, 3.8) is 0 Å². The normalized spacial score (nSPS) is 34.3. The molecule has 7 atom stereocenters. The number of hydrogen-bond donors (Lipinski definition) is 1. The molecule has 3 rings (SSSR count). The molecule has 1 heterocycles. The molecule has 2 unspecified atom stereocenters. The number of rotatable bonds is 8. The van der Waals surface area contributed by atoms with Crippen molar-refractivity contribution in [2.75, 3.05) is 0 Å². The molecule has 0 aromatic rings. The van der Waals surface area contributed by atoms with Crippen molar-refractivity contribution in [1.29, 1.82) is 0 Å². The smallest absolute Gasteiger partial charge is 0.313 e. The van der Waals surface area contributed by atoms with Gasteiger partial charge in [0.05, 0.1) is 23.9 Å². The predicted molar refractivity (Wildman–Crippen MR) is 153 cm³/mol. The molecule has 1 fully saturated rings. The van der Waals surface area contributed by atoms with Crippen LogP contribution in [0.5, 0.6) is 0 Å². The fraction of sp³-hybridized carbons (Fsp3) is 0.806. The van der Waals surface area contributed by atoms with Crippen molar-refractivity contribution in [3.8, 4) is 0 Å². The molecule has 1 N–H and O–H groups in total. The summed E-state index contributed by atoms with van der Waals surface area (Å²) in [6.07, 6.45) is 9.11. The van der Waals surface area contributed by atoms with Crippen LogP contribution in [0.1, 0.15) is 93.9 Å². The van der Waals surface area contributed by atoms with E-state index in [1.165, 1.54) is 5.57 Å². The van der Waals surface area contributed by atoms with Crippen molar-refractivity contribution in [2.24, 2.45) is 29.1 Å². The third-order valence-electron chi connectivity index (χ3n) is 9.61. The van der Waals surface area contributed by atoms with Crippen molar-refractivity contribution in [3.05, 3.63) is 23.8 Å². The van der Waals surface area contributed by atoms with Crippen LogP contribution in [0.2, 0.25) is 18.1 Å². The number of cyclic esters (lactones) is 1. The van der Waals surface area contributed by atoms with E-state index in [4.69, 9.17) is 13.9 Å². The molecule has 2 aliphatic carbocycles. The van der Waals surface area contributed by atoms with Gasteiger partial charge < -0.3 is 19.0 Å². The Bertz CT molecular complexity index is 945. The summed E-state index contributed by atoms with van der Waals surface area (Å²) in [6, 6.07) is 0. The van der Waals surface area contributed by atoms with Crippen molar-refractivity contribution in [2.45, 2.75) is 130 Å². The molecule has 7 heteroatoms. The van der Waals surface area contributed by atoms with Crippen LogP contribution in [0.3, 0.4) is 0 Å². The third-order valence-corrected chi connectivity index (χ3v) is 14.1. The van der Waals surface area contributed by atoms with Gasteiger partial charge in [0.2, 0.25) is 5.79 Å². The number of esters is 2. The van der Waals surface area contributed by atoms with Crippen LogP contribution < -0.4 is 0 Å². The highest BCUT2D eigenvalue weighted by molar-refractivity contribution is 6.74. The molecule has 216 valence electrons. The third kappa shape index (κ3) is 6.64. The second kappa shape index (κ2) is 11.2. The molecule has 38 heavy (non-hydrogen) atoms. The lowest BCUT2D eigenvalue weighted by molar-refractivity contribution is -0.242. The Morgan fingerprint density at radius 1 is 1.18 bits per heavy atom. The first-order chi connectivity index (χ1) is 17.4. The van der Waals surface area contributed by atoms with Crippen LogP contribution in [0.25, 0.3) is 0 Å². The maximum absolute atomic E-state index is 13.7. The van der Waals surface area contributed by atoms with Gasteiger partial charge >= 0.3 is 11.9 Å². The number of aliphatic hydroxyl groups is 1. The van der Waals surface area contributed by atoms with Crippen LogP contribution in [0.15, 0.2) is 23.8 Å². The quantitative estimate of drug-likeness (QED) is 0.201. The maximum atomic E-state index is 13.7. The Morgan fingerprint density at radius 2 is 1.84 bits per heavy atom. The molecule has 1 saturated heterocycles. The number of carbonyl (C=O) groups excluding carboxylic acids is 2. The van der Waals surface area contributed by atoms with Gasteiger partial charge in [0.15, 0.2) is 8.32 Å². The highest BCUT2D eigenvalue weighted by Crippen LogP contribution is 2.54. The van der Waals surface area contributed by atoms with Gasteiger partial charge in [-0.2, -0.15) is 0 Å². The average molecular weight is 549 g/mol. The van der Waals surface area contributed by atoms with Crippen LogP contribution in [0.4, 0.5) is 0 Å². The van der Waals surface area contributed by atoms with Gasteiger partial charge in [0, 0.05) is 12.8 Å². The van der Waals surface area contributed by atoms with E-state index in [2.05, 4.69) is 65.9 Å². The Hall–Kier alpha value is -1.44. The van der Waals surface area contributed by atoms with Crippen molar-refractivity contribution >= 4 is 20.3 Å². The summed E-state index contributed by atoms with van der Waals surface area (Å²) in [7, 11) is -2.36. The van der Waals surface area contributed by atoms with Gasteiger partial charge in [-0.05, 0) is 74.6 Å². The first kappa shape index (κ1) is 31.1. The summed E-state index contributed by atoms with van der Waals surface area (Å²) in [4.78, 5) is 25.7. The van der Waals surface area contributed by atoms with Gasteiger partial charge in [0.1, 0.15) is 6.10 Å². The molecule has 3 aliphatic rings. The van der Waals surface area contributed by atoms with E-state index in [9.17, 15) is 14.7 Å². The minimum atomic E-state index is -2.36. The minimum Gasteiger partial charge on any atom is -0.462 e. The van der Waals surface area contributed by atoms with Crippen LogP contribution in [0, 0.1) is 29.1 Å². The molecular formula is C31H52O6Si. The fourth-order valence-electron chi connectivity index (χ4n) is 5.86. The standard InChI is InChI=1S/C31H52O6Si/c1-11-30(7,8)28(34)36-31(37-38(9,10)29(4,5)6)19-20(2)16-22-13-12-21(3)25(27(22)31)15-14-24-17-23(32)18-26(33)35-24/h12-13,16,20-21,23-25,27,32H,11,14-15,17-19H2,1-10H3/t20-,21?,23+,24?,25-,27-,31+/m0/s1. The lowest BCUT2D eigenvalue weighted by Gasteiger charge is -2.54. The van der Waals surface area contributed by atoms with Crippen LogP contribution in [-0.4, -0.2) is 43.4 Å². The largest absolute Gasteiger partial charge is 0.462 e. The van der Waals surface area contributed by atoms with Gasteiger partial charge in [0.25, 0.3) is 0 Å². The topological polar surface area (TPSA) is 82.1 Å².